The van der Waals surface area contributed by atoms with Gasteiger partial charge in [0.2, 0.25) is 0 Å². The fourth-order valence-electron chi connectivity index (χ4n) is 5.75. The van der Waals surface area contributed by atoms with Crippen LogP contribution in [0.4, 0.5) is 0 Å². The monoisotopic (exact) mass is 729 g/mol. The summed E-state index contributed by atoms with van der Waals surface area (Å²) in [5.41, 5.74) is 0. The van der Waals surface area contributed by atoms with Gasteiger partial charge in [0.05, 0.1) is 0 Å². The van der Waals surface area contributed by atoms with E-state index in [0.29, 0.717) is 19.3 Å². The van der Waals surface area contributed by atoms with E-state index >= 15 is 0 Å². The predicted molar refractivity (Wildman–Crippen MR) is 219 cm³/mol. The van der Waals surface area contributed by atoms with E-state index in [1.54, 1.807) is 0 Å². The third-order valence-corrected chi connectivity index (χ3v) is 9.02. The summed E-state index contributed by atoms with van der Waals surface area (Å²) in [6.45, 7) is 6.43. The molecule has 1 unspecified atom stereocenters. The van der Waals surface area contributed by atoms with Gasteiger partial charge in [-0.05, 0) is 70.6 Å². The molecule has 0 saturated carbocycles. The van der Waals surface area contributed by atoms with E-state index in [1.807, 2.05) is 0 Å². The average Bonchev–Trinajstić information content (AvgIpc) is 3.14. The first-order valence-electron chi connectivity index (χ1n) is 21.6. The Hall–Kier alpha value is -2.63. The molecule has 0 saturated heterocycles. The molecule has 0 bridgehead atoms. The lowest BCUT2D eigenvalue weighted by Gasteiger charge is -2.18. The number of hydrogen-bond acceptors (Lipinski definition) is 6. The Morgan fingerprint density at radius 2 is 0.731 bits per heavy atom. The molecule has 0 aliphatic rings. The first kappa shape index (κ1) is 49.4. The van der Waals surface area contributed by atoms with Crippen molar-refractivity contribution in [1.29, 1.82) is 0 Å². The van der Waals surface area contributed by atoms with Crippen LogP contribution in [0.25, 0.3) is 0 Å². The number of carbonyl (C=O) groups excluding carboxylic acids is 3. The van der Waals surface area contributed by atoms with E-state index in [-0.39, 0.29) is 31.1 Å². The number of hydrogen-bond donors (Lipinski definition) is 0. The van der Waals surface area contributed by atoms with Crippen LogP contribution in [-0.4, -0.2) is 37.2 Å². The Labute approximate surface area is 320 Å². The van der Waals surface area contributed by atoms with Crippen LogP contribution in [0.1, 0.15) is 207 Å². The highest BCUT2D eigenvalue weighted by Crippen LogP contribution is 2.13. The van der Waals surface area contributed by atoms with Gasteiger partial charge in [-0.15, -0.1) is 0 Å². The van der Waals surface area contributed by atoms with Gasteiger partial charge in [-0.2, -0.15) is 0 Å². The second kappa shape index (κ2) is 41.1. The van der Waals surface area contributed by atoms with E-state index in [4.69, 9.17) is 14.2 Å². The predicted octanol–water partition coefficient (Wildman–Crippen LogP) is 13.6. The van der Waals surface area contributed by atoms with Gasteiger partial charge < -0.3 is 14.2 Å². The molecule has 6 heteroatoms. The lowest BCUT2D eigenvalue weighted by atomic mass is 10.1. The van der Waals surface area contributed by atoms with Crippen molar-refractivity contribution in [2.75, 3.05) is 13.2 Å². The van der Waals surface area contributed by atoms with E-state index < -0.39 is 6.10 Å². The van der Waals surface area contributed by atoms with Gasteiger partial charge in [-0.25, -0.2) is 0 Å². The molecule has 0 fully saturated rings. The van der Waals surface area contributed by atoms with Crippen LogP contribution in [0, 0.1) is 0 Å². The van der Waals surface area contributed by atoms with Crippen molar-refractivity contribution in [2.45, 2.75) is 213 Å². The first-order valence-corrected chi connectivity index (χ1v) is 21.6. The number of rotatable bonds is 38. The summed E-state index contributed by atoms with van der Waals surface area (Å²) in [5, 5.41) is 0. The van der Waals surface area contributed by atoms with Crippen LogP contribution in [0.2, 0.25) is 0 Å². The Kier molecular flexibility index (Phi) is 39.1. The Balaban J connectivity index is 4.40. The van der Waals surface area contributed by atoms with Gasteiger partial charge in [0.15, 0.2) is 6.10 Å². The summed E-state index contributed by atoms with van der Waals surface area (Å²) in [7, 11) is 0. The molecule has 0 amide bonds. The van der Waals surface area contributed by atoms with Crippen LogP contribution in [0.15, 0.2) is 48.6 Å². The maximum absolute atomic E-state index is 12.7. The molecule has 0 radical (unpaired) electrons. The fraction of sp³-hybridized carbons (Fsp3) is 0.761. The summed E-state index contributed by atoms with van der Waals surface area (Å²) >= 11 is 0. The van der Waals surface area contributed by atoms with E-state index in [9.17, 15) is 14.4 Å². The molecule has 1 atom stereocenters. The molecule has 0 heterocycles. The van der Waals surface area contributed by atoms with Crippen molar-refractivity contribution in [1.82, 2.24) is 0 Å². The lowest BCUT2D eigenvalue weighted by Crippen LogP contribution is -2.30. The standard InChI is InChI=1S/C46H80O6/c1-4-7-10-13-16-19-21-23-25-27-30-33-36-39-45(48)51-42-43(41-50-44(47)38-35-32-29-18-15-12-9-6-3)52-46(49)40-37-34-31-28-26-24-22-20-17-14-11-8-5-2/h10-11,13-14,19-22,43H,4-9,12,15-18,23-42H2,1-3H3/b13-10-,14-11-,21-19-,22-20-. The molecule has 0 aromatic rings. The molecule has 0 aliphatic carbocycles. The third kappa shape index (κ3) is 38.6. The third-order valence-electron chi connectivity index (χ3n) is 9.02. The molecule has 6 nitrogen and oxygen atoms in total. The van der Waals surface area contributed by atoms with Gasteiger partial charge in [-0.1, -0.05) is 166 Å². The van der Waals surface area contributed by atoms with Crippen molar-refractivity contribution in [3.8, 4) is 0 Å². The highest BCUT2D eigenvalue weighted by Gasteiger charge is 2.19. The molecule has 0 aliphatic heterocycles. The van der Waals surface area contributed by atoms with Gasteiger partial charge >= 0.3 is 17.9 Å². The van der Waals surface area contributed by atoms with Crippen LogP contribution >= 0.6 is 0 Å². The Morgan fingerprint density at radius 3 is 1.13 bits per heavy atom. The smallest absolute Gasteiger partial charge is 0.306 e. The van der Waals surface area contributed by atoms with Crippen LogP contribution in [0.5, 0.6) is 0 Å². The highest BCUT2D eigenvalue weighted by atomic mass is 16.6. The van der Waals surface area contributed by atoms with Gasteiger partial charge in [0.1, 0.15) is 13.2 Å². The van der Waals surface area contributed by atoms with Gasteiger partial charge in [0.25, 0.3) is 0 Å². The lowest BCUT2D eigenvalue weighted by molar-refractivity contribution is -0.167. The zero-order valence-corrected chi connectivity index (χ0v) is 34.1. The maximum atomic E-state index is 12.7. The molecular formula is C46H80O6. The minimum Gasteiger partial charge on any atom is -0.462 e. The summed E-state index contributed by atoms with van der Waals surface area (Å²) in [4.78, 5) is 37.6. The summed E-state index contributed by atoms with van der Waals surface area (Å²) in [6.07, 6.45) is 46.6. The van der Waals surface area contributed by atoms with Gasteiger partial charge in [-0.3, -0.25) is 14.4 Å². The second-order valence-electron chi connectivity index (χ2n) is 14.3. The topological polar surface area (TPSA) is 78.9 Å². The number of allylic oxidation sites excluding steroid dienone is 8. The minimum absolute atomic E-state index is 0.0831. The number of ether oxygens (including phenoxy) is 3. The molecular weight excluding hydrogens is 648 g/mol. The Morgan fingerprint density at radius 1 is 0.385 bits per heavy atom. The summed E-state index contributed by atoms with van der Waals surface area (Å²) < 4.78 is 16.6. The van der Waals surface area contributed by atoms with Crippen molar-refractivity contribution in [2.24, 2.45) is 0 Å². The van der Waals surface area contributed by atoms with Crippen LogP contribution < -0.4 is 0 Å². The molecule has 52 heavy (non-hydrogen) atoms. The molecule has 0 rings (SSSR count). The molecule has 0 N–H and O–H groups in total. The number of carbonyl (C=O) groups is 3. The molecule has 0 spiro atoms. The zero-order chi connectivity index (χ0) is 38.0. The minimum atomic E-state index is -0.780. The van der Waals surface area contributed by atoms with Crippen LogP contribution in [-0.2, 0) is 28.6 Å². The van der Waals surface area contributed by atoms with E-state index in [2.05, 4.69) is 69.4 Å². The fourth-order valence-corrected chi connectivity index (χ4v) is 5.75. The van der Waals surface area contributed by atoms with Crippen molar-refractivity contribution in [3.05, 3.63) is 48.6 Å². The highest BCUT2D eigenvalue weighted by molar-refractivity contribution is 5.71. The quantitative estimate of drug-likeness (QED) is 0.0272. The zero-order valence-electron chi connectivity index (χ0n) is 34.1. The summed E-state index contributed by atoms with van der Waals surface area (Å²) in [6, 6.07) is 0. The van der Waals surface area contributed by atoms with Crippen LogP contribution in [0.3, 0.4) is 0 Å². The molecule has 300 valence electrons. The second-order valence-corrected chi connectivity index (χ2v) is 14.3. The van der Waals surface area contributed by atoms with Gasteiger partial charge in [0, 0.05) is 19.3 Å². The maximum Gasteiger partial charge on any atom is 0.306 e. The largest absolute Gasteiger partial charge is 0.462 e. The van der Waals surface area contributed by atoms with Crippen molar-refractivity contribution in [3.63, 3.8) is 0 Å². The normalized spacial score (nSPS) is 12.4. The van der Waals surface area contributed by atoms with Crippen molar-refractivity contribution >= 4 is 17.9 Å². The van der Waals surface area contributed by atoms with E-state index in [0.717, 1.165) is 116 Å². The number of esters is 3. The summed E-state index contributed by atoms with van der Waals surface area (Å²) in [5.74, 6) is -0.921. The van der Waals surface area contributed by atoms with E-state index in [1.165, 1.54) is 51.4 Å². The molecule has 0 aromatic carbocycles. The number of unbranched alkanes of at least 4 members (excludes halogenated alkanes) is 19. The Bertz CT molecular complexity index is 933. The van der Waals surface area contributed by atoms with Crippen molar-refractivity contribution < 1.29 is 28.6 Å². The molecule has 0 aromatic heterocycles. The SMILES string of the molecule is CCC/C=C\C/C=C\CCCCCCCC(=O)OCC(COC(=O)CCCCCCCCCC)OC(=O)CCCCCCC/C=C\C/C=C\CCC. The first-order chi connectivity index (χ1) is 25.5. The average molecular weight is 729 g/mol.